The van der Waals surface area contributed by atoms with E-state index in [1.165, 1.54) is 0 Å². The molecule has 0 bridgehead atoms. The highest BCUT2D eigenvalue weighted by Crippen LogP contribution is 2.48. The van der Waals surface area contributed by atoms with Gasteiger partial charge in [-0.3, -0.25) is 4.79 Å². The first-order valence-corrected chi connectivity index (χ1v) is 6.45. The maximum atomic E-state index is 13.6. The van der Waals surface area contributed by atoms with Gasteiger partial charge in [-0.25, -0.2) is 8.78 Å². The van der Waals surface area contributed by atoms with Gasteiger partial charge in [0.1, 0.15) is 0 Å². The zero-order chi connectivity index (χ0) is 12.0. The van der Waals surface area contributed by atoms with Crippen molar-refractivity contribution in [1.29, 1.82) is 0 Å². The topological polar surface area (TPSA) is 32.3 Å². The van der Waals surface area contributed by atoms with Crippen molar-refractivity contribution >= 4 is 5.91 Å². The largest absolute Gasteiger partial charge is 0.342 e. The summed E-state index contributed by atoms with van der Waals surface area (Å²) in [7, 11) is 0. The fourth-order valence-electron chi connectivity index (χ4n) is 3.51. The number of fused-ring (bicyclic) bond motifs is 1. The first kappa shape index (κ1) is 11.4. The number of halogens is 2. The number of hydrogen-bond donors (Lipinski definition) is 1. The summed E-state index contributed by atoms with van der Waals surface area (Å²) in [6, 6.07) is 0. The summed E-state index contributed by atoms with van der Waals surface area (Å²) in [6.07, 6.45) is 1.43. The van der Waals surface area contributed by atoms with Gasteiger partial charge in [0, 0.05) is 32.0 Å². The molecule has 5 heteroatoms. The van der Waals surface area contributed by atoms with Crippen molar-refractivity contribution in [3.63, 3.8) is 0 Å². The molecule has 3 nitrogen and oxygen atoms in total. The summed E-state index contributed by atoms with van der Waals surface area (Å²) < 4.78 is 27.1. The molecule has 3 unspecified atom stereocenters. The molecule has 3 rings (SSSR count). The van der Waals surface area contributed by atoms with Gasteiger partial charge in [-0.2, -0.15) is 0 Å². The minimum Gasteiger partial charge on any atom is -0.342 e. The Kier molecular flexibility index (Phi) is 2.61. The Morgan fingerprint density at radius 3 is 2.76 bits per heavy atom. The van der Waals surface area contributed by atoms with Gasteiger partial charge >= 0.3 is 0 Å². The summed E-state index contributed by atoms with van der Waals surface area (Å²) >= 11 is 0. The molecule has 2 heterocycles. The predicted molar refractivity (Wildman–Crippen MR) is 58.7 cm³/mol. The van der Waals surface area contributed by atoms with Crippen LogP contribution < -0.4 is 5.32 Å². The highest BCUT2D eigenvalue weighted by atomic mass is 19.3. The van der Waals surface area contributed by atoms with Gasteiger partial charge in [0.15, 0.2) is 0 Å². The smallest absolute Gasteiger partial charge is 0.252 e. The molecule has 96 valence electrons. The number of rotatable bonds is 1. The molecule has 2 aliphatic heterocycles. The van der Waals surface area contributed by atoms with Crippen molar-refractivity contribution in [2.45, 2.75) is 25.2 Å². The van der Waals surface area contributed by atoms with E-state index in [9.17, 15) is 13.6 Å². The maximum absolute atomic E-state index is 13.6. The van der Waals surface area contributed by atoms with Crippen molar-refractivity contribution in [1.82, 2.24) is 10.2 Å². The van der Waals surface area contributed by atoms with Crippen molar-refractivity contribution in [3.05, 3.63) is 0 Å². The number of likely N-dealkylation sites (tertiary alicyclic amines) is 1. The van der Waals surface area contributed by atoms with Crippen molar-refractivity contribution in [2.75, 3.05) is 26.2 Å². The second-order valence-corrected chi connectivity index (χ2v) is 5.60. The van der Waals surface area contributed by atoms with E-state index >= 15 is 0 Å². The van der Waals surface area contributed by atoms with Crippen LogP contribution in [0.1, 0.15) is 19.3 Å². The van der Waals surface area contributed by atoms with E-state index in [-0.39, 0.29) is 30.7 Å². The number of carbonyl (C=O) groups excluding carboxylic acids is 1. The Balaban J connectivity index is 1.66. The van der Waals surface area contributed by atoms with Gasteiger partial charge in [0.25, 0.3) is 5.92 Å². The van der Waals surface area contributed by atoms with E-state index in [1.807, 2.05) is 0 Å². The molecule has 1 amide bonds. The molecule has 0 radical (unpaired) electrons. The standard InChI is InChI=1S/C12H18F2N2O/c13-12(14)3-1-9-6-16(7-10(9)12)11(17)8-2-4-15-5-8/h8-10,15H,1-7H2. The lowest BCUT2D eigenvalue weighted by molar-refractivity contribution is -0.134. The molecule has 3 atom stereocenters. The third-order valence-electron chi connectivity index (χ3n) is 4.55. The second-order valence-electron chi connectivity index (χ2n) is 5.60. The van der Waals surface area contributed by atoms with E-state index in [0.29, 0.717) is 19.5 Å². The van der Waals surface area contributed by atoms with Crippen LogP contribution in [0.25, 0.3) is 0 Å². The molecular formula is C12H18F2N2O. The average molecular weight is 244 g/mol. The second kappa shape index (κ2) is 3.90. The van der Waals surface area contributed by atoms with Gasteiger partial charge in [-0.05, 0) is 25.3 Å². The molecule has 3 aliphatic rings. The number of hydrogen-bond acceptors (Lipinski definition) is 2. The van der Waals surface area contributed by atoms with Crippen LogP contribution in [0.4, 0.5) is 8.78 Å². The lowest BCUT2D eigenvalue weighted by atomic mass is 9.99. The molecule has 1 saturated carbocycles. The molecule has 0 spiro atoms. The minimum atomic E-state index is -2.55. The Morgan fingerprint density at radius 2 is 2.12 bits per heavy atom. The lowest BCUT2D eigenvalue weighted by Gasteiger charge is -2.22. The molecule has 1 aliphatic carbocycles. The fraction of sp³-hybridized carbons (Fsp3) is 0.917. The highest BCUT2D eigenvalue weighted by molar-refractivity contribution is 5.79. The van der Waals surface area contributed by atoms with E-state index in [1.54, 1.807) is 4.90 Å². The van der Waals surface area contributed by atoms with Crippen molar-refractivity contribution in [3.8, 4) is 0 Å². The molecule has 0 aromatic rings. The van der Waals surface area contributed by atoms with Crippen LogP contribution in [0.15, 0.2) is 0 Å². The maximum Gasteiger partial charge on any atom is 0.252 e. The van der Waals surface area contributed by atoms with Gasteiger partial charge in [-0.1, -0.05) is 0 Å². The van der Waals surface area contributed by atoms with Crippen LogP contribution in [0.5, 0.6) is 0 Å². The van der Waals surface area contributed by atoms with Gasteiger partial charge < -0.3 is 10.2 Å². The Bertz CT molecular complexity index is 328. The van der Waals surface area contributed by atoms with Crippen LogP contribution in [0, 0.1) is 17.8 Å². The van der Waals surface area contributed by atoms with Crippen LogP contribution in [-0.2, 0) is 4.79 Å². The van der Waals surface area contributed by atoms with Crippen molar-refractivity contribution < 1.29 is 13.6 Å². The number of carbonyl (C=O) groups is 1. The molecule has 3 fully saturated rings. The average Bonchev–Trinajstić information content (AvgIpc) is 2.97. The van der Waals surface area contributed by atoms with Gasteiger partial charge in [0.05, 0.1) is 5.92 Å². The van der Waals surface area contributed by atoms with E-state index < -0.39 is 11.8 Å². The summed E-state index contributed by atoms with van der Waals surface area (Å²) in [4.78, 5) is 13.8. The van der Waals surface area contributed by atoms with Crippen LogP contribution >= 0.6 is 0 Å². The Labute approximate surface area is 99.5 Å². The molecule has 2 saturated heterocycles. The molecule has 0 aromatic carbocycles. The van der Waals surface area contributed by atoms with E-state index in [2.05, 4.69) is 5.32 Å². The molecular weight excluding hydrogens is 226 g/mol. The monoisotopic (exact) mass is 244 g/mol. The van der Waals surface area contributed by atoms with Crippen LogP contribution in [0.2, 0.25) is 0 Å². The zero-order valence-corrected chi connectivity index (χ0v) is 9.79. The van der Waals surface area contributed by atoms with Gasteiger partial charge in [-0.15, -0.1) is 0 Å². The number of nitrogens with zero attached hydrogens (tertiary/aromatic N) is 1. The summed E-state index contributed by atoms with van der Waals surface area (Å²) in [5.74, 6) is -3.00. The molecule has 0 aromatic heterocycles. The quantitative estimate of drug-likeness (QED) is 0.749. The van der Waals surface area contributed by atoms with E-state index in [4.69, 9.17) is 0 Å². The molecule has 1 N–H and O–H groups in total. The minimum absolute atomic E-state index is 0.00927. The first-order chi connectivity index (χ1) is 8.08. The number of nitrogens with one attached hydrogen (secondary N) is 1. The normalized spacial score (nSPS) is 39.6. The number of amides is 1. The van der Waals surface area contributed by atoms with Crippen LogP contribution in [0.3, 0.4) is 0 Å². The third kappa shape index (κ3) is 1.84. The third-order valence-corrected chi connectivity index (χ3v) is 4.55. The summed E-state index contributed by atoms with van der Waals surface area (Å²) in [6.45, 7) is 2.40. The highest BCUT2D eigenvalue weighted by Gasteiger charge is 2.54. The van der Waals surface area contributed by atoms with Crippen LogP contribution in [-0.4, -0.2) is 42.9 Å². The summed E-state index contributed by atoms with van der Waals surface area (Å²) in [5, 5.41) is 3.15. The summed E-state index contributed by atoms with van der Waals surface area (Å²) in [5.41, 5.74) is 0. The Morgan fingerprint density at radius 1 is 1.29 bits per heavy atom. The Hall–Kier alpha value is -0.710. The van der Waals surface area contributed by atoms with Gasteiger partial charge in [0.2, 0.25) is 5.91 Å². The predicted octanol–water partition coefficient (Wildman–Crippen LogP) is 1.10. The fourth-order valence-corrected chi connectivity index (χ4v) is 3.51. The van der Waals surface area contributed by atoms with E-state index in [0.717, 1.165) is 13.0 Å². The lowest BCUT2D eigenvalue weighted by Crippen LogP contribution is -2.37. The molecule has 17 heavy (non-hydrogen) atoms. The zero-order valence-electron chi connectivity index (χ0n) is 9.79. The van der Waals surface area contributed by atoms with Crippen molar-refractivity contribution in [2.24, 2.45) is 17.8 Å². The SMILES string of the molecule is O=C(C1CCNC1)N1CC2CCC(F)(F)C2C1. The number of alkyl halides is 2. The first-order valence-electron chi connectivity index (χ1n) is 6.45.